The summed E-state index contributed by atoms with van der Waals surface area (Å²) in [6.45, 7) is 34.8. The van der Waals surface area contributed by atoms with Crippen molar-refractivity contribution in [2.45, 2.75) is 131 Å². The number of anilines is 9. The van der Waals surface area contributed by atoms with E-state index in [0.717, 1.165) is 50.4 Å². The second-order valence-electron chi connectivity index (χ2n) is 27.6. The van der Waals surface area contributed by atoms with E-state index in [0.29, 0.717) is 0 Å². The van der Waals surface area contributed by atoms with E-state index in [1.165, 1.54) is 78.1 Å². The number of furan rings is 1. The molecular formula is C74H76BN3O. The Hall–Kier alpha value is -7.76. The highest BCUT2D eigenvalue weighted by Crippen LogP contribution is 2.52. The summed E-state index contributed by atoms with van der Waals surface area (Å²) in [5, 5.41) is 2.14. The maximum absolute atomic E-state index is 7.40. The lowest BCUT2D eigenvalue weighted by atomic mass is 9.33. The molecule has 0 amide bonds. The van der Waals surface area contributed by atoms with Crippen molar-refractivity contribution in [3.05, 3.63) is 216 Å². The van der Waals surface area contributed by atoms with Crippen LogP contribution in [0.3, 0.4) is 0 Å². The molecule has 0 aliphatic carbocycles. The zero-order chi connectivity index (χ0) is 55.7. The molecule has 4 nitrogen and oxygen atoms in total. The van der Waals surface area contributed by atoms with E-state index in [1.54, 1.807) is 0 Å². The van der Waals surface area contributed by atoms with Gasteiger partial charge in [-0.3, -0.25) is 0 Å². The van der Waals surface area contributed by atoms with Gasteiger partial charge in [-0.1, -0.05) is 213 Å². The van der Waals surface area contributed by atoms with Gasteiger partial charge in [0, 0.05) is 45.2 Å². The standard InChI is InChI=1S/C74H76BN3O/c1-70(2,3)49-27-35-55(36-28-49)76(54-33-25-48(26-34-54)47-21-17-16-18-22-47)62-41-42-63(69-67(62)57-23-19-20-24-66(57)79-69)78-61-40-32-52(73(10,11)12)44-59(61)75-58-43-51(72(7,8)9)31-39-60(58)77(56-37-29-50(30-38-56)71(4,5)6)64-45-53(74(13,14)15)46-65(78)68(64)75/h16-46H,1-15H3. The predicted octanol–water partition coefficient (Wildman–Crippen LogP) is 19.3. The first-order chi connectivity index (χ1) is 37.3. The zero-order valence-corrected chi connectivity index (χ0v) is 49.2. The number of hydrogen-bond acceptors (Lipinski definition) is 4. The van der Waals surface area contributed by atoms with Gasteiger partial charge in [0.05, 0.1) is 16.8 Å². The highest BCUT2D eigenvalue weighted by molar-refractivity contribution is 7.00. The van der Waals surface area contributed by atoms with Gasteiger partial charge >= 0.3 is 0 Å². The van der Waals surface area contributed by atoms with Gasteiger partial charge in [0.15, 0.2) is 5.58 Å². The van der Waals surface area contributed by atoms with E-state index < -0.39 is 0 Å². The van der Waals surface area contributed by atoms with Crippen LogP contribution in [0.1, 0.15) is 132 Å². The van der Waals surface area contributed by atoms with Crippen molar-refractivity contribution in [2.75, 3.05) is 14.7 Å². The maximum atomic E-state index is 7.40. The van der Waals surface area contributed by atoms with Crippen molar-refractivity contribution in [1.82, 2.24) is 0 Å². The molecule has 0 saturated carbocycles. The Morgan fingerprint density at radius 1 is 0.367 bits per heavy atom. The Morgan fingerprint density at radius 3 is 1.35 bits per heavy atom. The smallest absolute Gasteiger partial charge is 0.252 e. The minimum absolute atomic E-state index is 0.00210. The molecule has 0 fully saturated rings. The molecule has 5 heteroatoms. The van der Waals surface area contributed by atoms with E-state index in [4.69, 9.17) is 4.42 Å². The van der Waals surface area contributed by atoms with E-state index in [2.05, 4.69) is 307 Å². The van der Waals surface area contributed by atoms with Crippen LogP contribution in [0.2, 0.25) is 0 Å². The number of benzene rings is 9. The molecule has 3 heterocycles. The Labute approximate surface area is 470 Å². The molecule has 12 rings (SSSR count). The van der Waals surface area contributed by atoms with E-state index in [9.17, 15) is 0 Å². The van der Waals surface area contributed by atoms with Crippen molar-refractivity contribution < 1.29 is 4.42 Å². The molecule has 0 spiro atoms. The van der Waals surface area contributed by atoms with Gasteiger partial charge in [-0.15, -0.1) is 0 Å². The van der Waals surface area contributed by atoms with Gasteiger partial charge in [-0.25, -0.2) is 0 Å². The average Bonchev–Trinajstić information content (AvgIpc) is 3.96. The summed E-state index contributed by atoms with van der Waals surface area (Å²) in [7, 11) is 0. The summed E-state index contributed by atoms with van der Waals surface area (Å²) in [6, 6.07) is 71.2. The minimum Gasteiger partial charge on any atom is -0.454 e. The number of rotatable bonds is 6. The van der Waals surface area contributed by atoms with E-state index in [1.807, 2.05) is 0 Å². The van der Waals surface area contributed by atoms with Gasteiger partial charge in [-0.05, 0) is 161 Å². The molecule has 0 radical (unpaired) electrons. The first-order valence-electron chi connectivity index (χ1n) is 28.5. The van der Waals surface area contributed by atoms with Crippen LogP contribution in [0.4, 0.5) is 51.2 Å². The number of para-hydroxylation sites is 1. The molecule has 0 saturated heterocycles. The molecule has 0 atom stereocenters. The fraction of sp³-hybridized carbons (Fsp3) is 0.270. The van der Waals surface area contributed by atoms with Crippen LogP contribution < -0.4 is 31.1 Å². The quantitative estimate of drug-likeness (QED) is 0.155. The van der Waals surface area contributed by atoms with Gasteiger partial charge in [0.2, 0.25) is 0 Å². The predicted molar refractivity (Wildman–Crippen MR) is 341 cm³/mol. The summed E-state index contributed by atoms with van der Waals surface area (Å²) >= 11 is 0. The summed E-state index contributed by atoms with van der Waals surface area (Å²) in [4.78, 5) is 7.57. The first-order valence-corrected chi connectivity index (χ1v) is 28.5. The van der Waals surface area contributed by atoms with Crippen LogP contribution in [-0.4, -0.2) is 6.71 Å². The lowest BCUT2D eigenvalue weighted by Crippen LogP contribution is -2.61. The molecule has 9 aromatic carbocycles. The molecule has 2 aliphatic rings. The largest absolute Gasteiger partial charge is 0.454 e. The first kappa shape index (κ1) is 52.0. The van der Waals surface area contributed by atoms with Crippen LogP contribution in [-0.2, 0) is 27.1 Å². The van der Waals surface area contributed by atoms with Crippen LogP contribution in [0.15, 0.2) is 192 Å². The number of hydrogen-bond donors (Lipinski definition) is 0. The lowest BCUT2D eigenvalue weighted by Gasteiger charge is -2.45. The Bertz CT molecular complexity index is 3960. The van der Waals surface area contributed by atoms with Gasteiger partial charge in [0.25, 0.3) is 6.71 Å². The molecule has 0 N–H and O–H groups in total. The third-order valence-electron chi connectivity index (χ3n) is 16.8. The number of nitrogens with zero attached hydrogens (tertiary/aromatic N) is 3. The fourth-order valence-electron chi connectivity index (χ4n) is 12.2. The molecule has 396 valence electrons. The van der Waals surface area contributed by atoms with Crippen molar-refractivity contribution >= 4 is 96.2 Å². The topological polar surface area (TPSA) is 22.9 Å². The second-order valence-corrected chi connectivity index (χ2v) is 27.6. The van der Waals surface area contributed by atoms with E-state index >= 15 is 0 Å². The SMILES string of the molecule is CC(C)(C)c1ccc(N2c3ccc(C(C)(C)C)cc3B3c4cc(C(C)(C)C)ccc4N(c4ccc(N(c5ccc(-c6ccccc6)cc5)c5ccc(C(C)(C)C)cc5)c5c4oc4ccccc45)c4cc(C(C)(C)C)cc2c43)cc1. The van der Waals surface area contributed by atoms with Crippen molar-refractivity contribution in [3.8, 4) is 11.1 Å². The highest BCUT2D eigenvalue weighted by Gasteiger charge is 2.46. The minimum atomic E-state index is -0.182. The Kier molecular flexibility index (Phi) is 12.1. The van der Waals surface area contributed by atoms with Crippen LogP contribution in [0.25, 0.3) is 33.1 Å². The summed E-state index contributed by atoms with van der Waals surface area (Å²) in [6.07, 6.45) is 0. The highest BCUT2D eigenvalue weighted by atomic mass is 16.3. The molecule has 0 bridgehead atoms. The Morgan fingerprint density at radius 2 is 0.810 bits per heavy atom. The lowest BCUT2D eigenvalue weighted by molar-refractivity contribution is 0.589. The fourth-order valence-corrected chi connectivity index (χ4v) is 12.2. The second kappa shape index (κ2) is 18.4. The monoisotopic (exact) mass is 1030 g/mol. The van der Waals surface area contributed by atoms with Gasteiger partial charge in [-0.2, -0.15) is 0 Å². The Balaban J connectivity index is 1.16. The van der Waals surface area contributed by atoms with Crippen LogP contribution >= 0.6 is 0 Å². The third-order valence-corrected chi connectivity index (χ3v) is 16.8. The van der Waals surface area contributed by atoms with Crippen molar-refractivity contribution in [2.24, 2.45) is 0 Å². The molecule has 10 aromatic rings. The van der Waals surface area contributed by atoms with E-state index in [-0.39, 0.29) is 33.8 Å². The molecular weight excluding hydrogens is 958 g/mol. The van der Waals surface area contributed by atoms with Crippen molar-refractivity contribution in [1.29, 1.82) is 0 Å². The molecule has 79 heavy (non-hydrogen) atoms. The average molecular weight is 1030 g/mol. The van der Waals surface area contributed by atoms with Gasteiger partial charge in [0.1, 0.15) is 5.58 Å². The third kappa shape index (κ3) is 9.04. The zero-order valence-electron chi connectivity index (χ0n) is 49.2. The van der Waals surface area contributed by atoms with Crippen LogP contribution in [0, 0.1) is 0 Å². The molecule has 2 aliphatic heterocycles. The number of fused-ring (bicyclic) bond motifs is 7. The maximum Gasteiger partial charge on any atom is 0.252 e. The normalized spacial score (nSPS) is 13.7. The summed E-state index contributed by atoms with van der Waals surface area (Å²) in [5.74, 6) is 0. The molecule has 0 unspecified atom stereocenters. The summed E-state index contributed by atoms with van der Waals surface area (Å²) in [5.41, 5.74) is 24.3. The van der Waals surface area contributed by atoms with Crippen molar-refractivity contribution in [3.63, 3.8) is 0 Å². The van der Waals surface area contributed by atoms with Crippen LogP contribution in [0.5, 0.6) is 0 Å². The van der Waals surface area contributed by atoms with Gasteiger partial charge < -0.3 is 19.1 Å². The molecule has 1 aromatic heterocycles. The summed E-state index contributed by atoms with van der Waals surface area (Å²) < 4.78 is 7.40.